The molecule has 0 aliphatic carbocycles. The van der Waals surface area contributed by atoms with E-state index in [1.807, 2.05) is 0 Å². The average molecular weight is 699 g/mol. The first kappa shape index (κ1) is 38.1. The molecule has 0 saturated carbocycles. The summed E-state index contributed by atoms with van der Waals surface area (Å²) in [6, 6.07) is 9.28. The van der Waals surface area contributed by atoms with Gasteiger partial charge in [-0.2, -0.15) is 0 Å². The zero-order chi connectivity index (χ0) is 36.8. The van der Waals surface area contributed by atoms with E-state index in [1.165, 1.54) is 31.4 Å². The van der Waals surface area contributed by atoms with Gasteiger partial charge in [-0.15, -0.1) is 0 Å². The van der Waals surface area contributed by atoms with Gasteiger partial charge in [-0.3, -0.25) is 28.8 Å². The smallest absolute Gasteiger partial charge is 0.433 e. The van der Waals surface area contributed by atoms with Gasteiger partial charge in [0.1, 0.15) is 24.4 Å². The van der Waals surface area contributed by atoms with Gasteiger partial charge >= 0.3 is 24.1 Å². The van der Waals surface area contributed by atoms with Crippen LogP contribution in [0.4, 0.5) is 4.79 Å². The molecule has 0 radical (unpaired) electrons. The second-order valence-electron chi connectivity index (χ2n) is 10.5. The Labute approximate surface area is 286 Å². The van der Waals surface area contributed by atoms with Gasteiger partial charge < -0.3 is 51.3 Å². The van der Waals surface area contributed by atoms with E-state index in [0.717, 1.165) is 16.9 Å². The molecule has 2 aromatic rings. The lowest BCUT2D eigenvalue weighted by Crippen LogP contribution is -2.63. The quantitative estimate of drug-likeness (QED) is 0.0540. The fourth-order valence-corrected chi connectivity index (χ4v) is 4.72. The number of amides is 4. The van der Waals surface area contributed by atoms with Gasteiger partial charge in [0.25, 0.3) is 5.91 Å². The third-order valence-corrected chi connectivity index (χ3v) is 7.20. The summed E-state index contributed by atoms with van der Waals surface area (Å²) in [4.78, 5) is 87.2. The monoisotopic (exact) mass is 698 g/mol. The lowest BCUT2D eigenvalue weighted by molar-refractivity contribution is -0.159. The molecular weight excluding hydrogens is 660 g/mol. The highest BCUT2D eigenvalue weighted by Crippen LogP contribution is 2.20. The summed E-state index contributed by atoms with van der Waals surface area (Å²) in [6.45, 7) is 1.16. The second kappa shape index (κ2) is 18.2. The van der Waals surface area contributed by atoms with Crippen molar-refractivity contribution in [1.82, 2.24) is 20.4 Å². The van der Waals surface area contributed by atoms with E-state index < -0.39 is 66.8 Å². The van der Waals surface area contributed by atoms with Crippen molar-refractivity contribution in [1.29, 1.82) is 0 Å². The average Bonchev–Trinajstić information content (AvgIpc) is 3.11. The highest BCUT2D eigenvalue weighted by Gasteiger charge is 2.42. The van der Waals surface area contributed by atoms with Crippen molar-refractivity contribution in [3.63, 3.8) is 0 Å². The molecule has 268 valence electrons. The summed E-state index contributed by atoms with van der Waals surface area (Å²) in [7, 11) is 2.62. The van der Waals surface area contributed by atoms with Gasteiger partial charge in [0.15, 0.2) is 5.84 Å². The maximum Gasteiger partial charge on any atom is 0.433 e. The molecule has 3 rings (SSSR count). The Hall–Kier alpha value is -6.40. The Morgan fingerprint density at radius 3 is 2.22 bits per heavy atom. The number of esters is 1. The van der Waals surface area contributed by atoms with Crippen LogP contribution in [-0.4, -0.2) is 115 Å². The van der Waals surface area contributed by atoms with Crippen LogP contribution in [0.1, 0.15) is 34.8 Å². The first-order valence-corrected chi connectivity index (χ1v) is 15.1. The highest BCUT2D eigenvalue weighted by atomic mass is 16.7. The number of hydrogen-bond donors (Lipinski definition) is 5. The van der Waals surface area contributed by atoms with Crippen molar-refractivity contribution in [2.75, 3.05) is 40.4 Å². The molecule has 0 spiro atoms. The molecule has 1 aliphatic heterocycles. The van der Waals surface area contributed by atoms with E-state index in [-0.39, 0.29) is 30.9 Å². The number of ether oxygens (including phenoxy) is 2. The Kier molecular flexibility index (Phi) is 13.9. The van der Waals surface area contributed by atoms with Crippen LogP contribution in [0.2, 0.25) is 0 Å². The molecule has 0 aromatic heterocycles. The molecule has 2 atom stereocenters. The molecular formula is C31H38N8O11. The summed E-state index contributed by atoms with van der Waals surface area (Å²) in [5.41, 5.74) is 12.5. The highest BCUT2D eigenvalue weighted by molar-refractivity contribution is 6.01. The minimum Gasteiger partial charge on any atom is -0.497 e. The van der Waals surface area contributed by atoms with Gasteiger partial charge in [-0.05, 0) is 41.9 Å². The number of rotatable bonds is 14. The van der Waals surface area contributed by atoms with Crippen molar-refractivity contribution < 1.29 is 53.0 Å². The first-order valence-electron chi connectivity index (χ1n) is 15.1. The lowest BCUT2D eigenvalue weighted by Gasteiger charge is -2.41. The molecule has 1 saturated heterocycles. The van der Waals surface area contributed by atoms with Crippen LogP contribution in [0, 0.1) is 0 Å². The van der Waals surface area contributed by atoms with Gasteiger partial charge in [0, 0.05) is 37.2 Å². The van der Waals surface area contributed by atoms with Crippen LogP contribution in [-0.2, 0) is 40.0 Å². The van der Waals surface area contributed by atoms with Crippen molar-refractivity contribution in [2.24, 2.45) is 21.8 Å². The number of piperazine rings is 1. The predicted molar refractivity (Wildman–Crippen MR) is 174 cm³/mol. The number of amidine groups is 2. The van der Waals surface area contributed by atoms with Crippen LogP contribution >= 0.6 is 0 Å². The molecule has 50 heavy (non-hydrogen) atoms. The van der Waals surface area contributed by atoms with Crippen molar-refractivity contribution in [3.05, 3.63) is 65.2 Å². The van der Waals surface area contributed by atoms with E-state index in [9.17, 15) is 33.9 Å². The minimum absolute atomic E-state index is 0.00906. The zero-order valence-corrected chi connectivity index (χ0v) is 27.5. The number of carbonyl (C=O) groups excluding carboxylic acids is 5. The van der Waals surface area contributed by atoms with E-state index in [2.05, 4.69) is 25.8 Å². The minimum atomic E-state index is -1.36. The third-order valence-electron chi connectivity index (χ3n) is 7.20. The summed E-state index contributed by atoms with van der Waals surface area (Å²) in [5, 5.41) is 21.1. The molecule has 2 aromatic carbocycles. The van der Waals surface area contributed by atoms with Crippen LogP contribution in [0.15, 0.2) is 58.8 Å². The zero-order valence-electron chi connectivity index (χ0n) is 27.5. The van der Waals surface area contributed by atoms with E-state index >= 15 is 0 Å². The topological polar surface area (TPSA) is 267 Å². The number of carboxylic acid groups (broad SMARTS) is 1. The molecule has 1 fully saturated rings. The molecule has 1 heterocycles. The number of nitrogens with one attached hydrogen (secondary N) is 2. The van der Waals surface area contributed by atoms with Gasteiger partial charge in [0.05, 0.1) is 20.6 Å². The van der Waals surface area contributed by atoms with Gasteiger partial charge in [-0.1, -0.05) is 29.4 Å². The van der Waals surface area contributed by atoms with Gasteiger partial charge in [0.2, 0.25) is 11.8 Å². The van der Waals surface area contributed by atoms with Crippen LogP contribution in [0.3, 0.4) is 0 Å². The number of methoxy groups -OCH3 is 2. The van der Waals surface area contributed by atoms with E-state index in [1.54, 1.807) is 31.2 Å². The fraction of sp³-hybridized carbons (Fsp3) is 0.355. The number of carboxylic acids is 1. The molecule has 0 bridgehead atoms. The van der Waals surface area contributed by atoms with E-state index in [4.69, 9.17) is 25.8 Å². The predicted octanol–water partition coefficient (Wildman–Crippen LogP) is -0.664. The van der Waals surface area contributed by atoms with Crippen molar-refractivity contribution >= 4 is 47.6 Å². The maximum atomic E-state index is 14.1. The maximum absolute atomic E-state index is 14.1. The Bertz CT molecular complexity index is 1610. The van der Waals surface area contributed by atoms with Crippen molar-refractivity contribution in [2.45, 2.75) is 31.8 Å². The third kappa shape index (κ3) is 10.8. The fourth-order valence-electron chi connectivity index (χ4n) is 4.72. The number of nitrogens with zero attached hydrogens (tertiary/aromatic N) is 4. The Morgan fingerprint density at radius 2 is 1.62 bits per heavy atom. The molecule has 7 N–H and O–H groups in total. The SMILES string of the molecule is CCNC(=O)O/N=C(\N)O/N=C(\N)c1ccc(C(=O)N[C@@H](Cc2ccc(OC)cc2)C(=O)N2CCN(CC(=O)O)C(=O)[C@@H]2CC(=O)OC)cc1. The summed E-state index contributed by atoms with van der Waals surface area (Å²) >= 11 is 0. The van der Waals surface area contributed by atoms with Crippen LogP contribution in [0.25, 0.3) is 0 Å². The normalized spacial score (nSPS) is 15.4. The second-order valence-corrected chi connectivity index (χ2v) is 10.5. The number of nitrogens with two attached hydrogens (primary N) is 2. The van der Waals surface area contributed by atoms with Crippen LogP contribution < -0.4 is 26.8 Å². The number of aliphatic carboxylic acids is 1. The molecule has 19 nitrogen and oxygen atoms in total. The Balaban J connectivity index is 1.83. The van der Waals surface area contributed by atoms with Crippen LogP contribution in [0.5, 0.6) is 5.75 Å². The van der Waals surface area contributed by atoms with Gasteiger partial charge in [-0.25, -0.2) is 4.79 Å². The Morgan fingerprint density at radius 1 is 0.960 bits per heavy atom. The summed E-state index contributed by atoms with van der Waals surface area (Å²) in [6.07, 6.45) is -1.39. The number of benzene rings is 2. The number of hydrogen-bond acceptors (Lipinski definition) is 12. The summed E-state index contributed by atoms with van der Waals surface area (Å²) < 4.78 is 9.93. The first-order chi connectivity index (χ1) is 23.9. The summed E-state index contributed by atoms with van der Waals surface area (Å²) in [5.74, 6) is -3.72. The molecule has 1 aliphatic rings. The van der Waals surface area contributed by atoms with Crippen molar-refractivity contribution in [3.8, 4) is 5.75 Å². The molecule has 0 unspecified atom stereocenters. The number of oxime groups is 2. The lowest BCUT2D eigenvalue weighted by atomic mass is 10.0. The largest absolute Gasteiger partial charge is 0.497 e. The standard InChI is InChI=1S/C31H38N8O11/c1-4-34-31(46)50-37-30(33)49-36-26(32)19-7-9-20(10-8-19)27(43)35-22(15-18-5-11-21(47-2)12-6-18)28(44)39-14-13-38(17-24(40)41)29(45)23(39)16-25(42)48-3/h5-12,22-23H,4,13-17H2,1-3H3,(H2,32,36)(H2,33,37)(H,34,46)(H,35,43)(H,40,41)/t22-,23-/m0/s1. The molecule has 19 heteroatoms. The molecule has 4 amide bonds. The number of carbonyl (C=O) groups is 6. The van der Waals surface area contributed by atoms with E-state index in [0.29, 0.717) is 23.4 Å².